The topological polar surface area (TPSA) is 38.0 Å². The van der Waals surface area contributed by atoms with Crippen LogP contribution in [-0.2, 0) is 0 Å². The van der Waals surface area contributed by atoms with Crippen molar-refractivity contribution in [2.75, 3.05) is 6.54 Å². The van der Waals surface area contributed by atoms with E-state index in [2.05, 4.69) is 5.32 Å². The minimum absolute atomic E-state index is 0.304. The maximum Gasteiger partial charge on any atom is 0.0306 e. The molecule has 0 aromatic heterocycles. The maximum absolute atomic E-state index is 6.18. The molecule has 5 aliphatic rings. The predicted octanol–water partition coefficient (Wildman–Crippen LogP) is 3.06. The normalized spacial score (nSPS) is 47.5. The molecule has 0 atom stereocenters. The summed E-state index contributed by atoms with van der Waals surface area (Å²) in [6.45, 7) is 0.857. The molecular weight excluding hydrogens is 232 g/mol. The van der Waals surface area contributed by atoms with Crippen molar-refractivity contribution < 1.29 is 0 Å². The Morgan fingerprint density at radius 2 is 1.42 bits per heavy atom. The molecule has 0 heterocycles. The van der Waals surface area contributed by atoms with Gasteiger partial charge in [0.15, 0.2) is 0 Å². The van der Waals surface area contributed by atoms with Gasteiger partial charge in [-0.2, -0.15) is 0 Å². The smallest absolute Gasteiger partial charge is 0.0306 e. The first-order valence-corrected chi connectivity index (χ1v) is 8.76. The molecule has 0 unspecified atom stereocenters. The first kappa shape index (κ1) is 12.6. The van der Waals surface area contributed by atoms with Crippen LogP contribution >= 0.6 is 0 Å². The molecular formula is C17H30N2. The highest BCUT2D eigenvalue weighted by Crippen LogP contribution is 2.54. The average molecular weight is 262 g/mol. The Kier molecular flexibility index (Phi) is 3.15. The Hall–Kier alpha value is -0.0800. The van der Waals surface area contributed by atoms with Gasteiger partial charge in [0, 0.05) is 18.1 Å². The molecule has 5 rings (SSSR count). The Bertz CT molecular complexity index is 304. The summed E-state index contributed by atoms with van der Waals surface area (Å²) >= 11 is 0. The second-order valence-corrected chi connectivity index (χ2v) is 8.15. The van der Waals surface area contributed by atoms with Crippen molar-refractivity contribution in [1.29, 1.82) is 0 Å². The average Bonchev–Trinajstić information content (AvgIpc) is 2.43. The first-order chi connectivity index (χ1) is 9.28. The highest BCUT2D eigenvalue weighted by molar-refractivity contribution is 5.05. The lowest BCUT2D eigenvalue weighted by Crippen LogP contribution is -2.63. The van der Waals surface area contributed by atoms with Crippen LogP contribution in [0.1, 0.15) is 64.2 Å². The van der Waals surface area contributed by atoms with Crippen molar-refractivity contribution in [3.63, 3.8) is 0 Å². The molecule has 0 saturated heterocycles. The third kappa shape index (κ3) is 2.15. The van der Waals surface area contributed by atoms with Crippen molar-refractivity contribution in [3.05, 3.63) is 0 Å². The zero-order valence-electron chi connectivity index (χ0n) is 12.2. The molecule has 0 amide bonds. The molecule has 0 spiro atoms. The largest absolute Gasteiger partial charge is 0.329 e. The Labute approximate surface area is 117 Å². The molecule has 2 nitrogen and oxygen atoms in total. The lowest BCUT2D eigenvalue weighted by atomic mass is 9.54. The molecule has 3 N–H and O–H groups in total. The highest BCUT2D eigenvalue weighted by Gasteiger charge is 2.50. The fourth-order valence-electron chi connectivity index (χ4n) is 6.15. The first-order valence-electron chi connectivity index (χ1n) is 8.76. The summed E-state index contributed by atoms with van der Waals surface area (Å²) < 4.78 is 0. The van der Waals surface area contributed by atoms with Gasteiger partial charge in [0.05, 0.1) is 0 Å². The molecule has 0 aromatic rings. The second-order valence-electron chi connectivity index (χ2n) is 8.15. The molecule has 5 fully saturated rings. The summed E-state index contributed by atoms with van der Waals surface area (Å²) in [5, 5.41) is 4.14. The monoisotopic (exact) mass is 262 g/mol. The minimum Gasteiger partial charge on any atom is -0.329 e. The van der Waals surface area contributed by atoms with Gasteiger partial charge in [-0.3, -0.25) is 0 Å². The summed E-state index contributed by atoms with van der Waals surface area (Å²) in [5.74, 6) is 4.14. The van der Waals surface area contributed by atoms with Crippen LogP contribution in [0.25, 0.3) is 0 Å². The van der Waals surface area contributed by atoms with Crippen LogP contribution in [0.4, 0.5) is 0 Å². The van der Waals surface area contributed by atoms with E-state index in [1.807, 2.05) is 0 Å². The van der Waals surface area contributed by atoms with Crippen LogP contribution in [0, 0.1) is 23.7 Å². The molecule has 0 radical (unpaired) electrons. The molecule has 5 aliphatic carbocycles. The van der Waals surface area contributed by atoms with Gasteiger partial charge in [-0.05, 0) is 68.6 Å². The Morgan fingerprint density at radius 3 is 1.95 bits per heavy atom. The van der Waals surface area contributed by atoms with Crippen LogP contribution in [0.5, 0.6) is 0 Å². The van der Waals surface area contributed by atoms with E-state index in [0.29, 0.717) is 5.54 Å². The summed E-state index contributed by atoms with van der Waals surface area (Å²) in [6, 6.07) is 0.814. The van der Waals surface area contributed by atoms with Crippen LogP contribution < -0.4 is 11.1 Å². The van der Waals surface area contributed by atoms with E-state index in [1.54, 1.807) is 6.42 Å². The van der Waals surface area contributed by atoms with Gasteiger partial charge in [0.2, 0.25) is 0 Å². The summed E-state index contributed by atoms with van der Waals surface area (Å²) in [4.78, 5) is 0. The van der Waals surface area contributed by atoms with Crippen LogP contribution in [0.2, 0.25) is 0 Å². The summed E-state index contributed by atoms with van der Waals surface area (Å²) in [7, 11) is 0. The highest BCUT2D eigenvalue weighted by atomic mass is 15.1. The van der Waals surface area contributed by atoms with Gasteiger partial charge < -0.3 is 11.1 Å². The quantitative estimate of drug-likeness (QED) is 0.820. The van der Waals surface area contributed by atoms with Crippen molar-refractivity contribution >= 4 is 0 Å². The lowest BCUT2D eigenvalue weighted by molar-refractivity contribution is -0.0283. The van der Waals surface area contributed by atoms with Gasteiger partial charge in [0.25, 0.3) is 0 Å². The van der Waals surface area contributed by atoms with Crippen molar-refractivity contribution in [1.82, 2.24) is 5.32 Å². The van der Waals surface area contributed by atoms with E-state index >= 15 is 0 Å². The van der Waals surface area contributed by atoms with Crippen LogP contribution in [-0.4, -0.2) is 18.1 Å². The van der Waals surface area contributed by atoms with E-state index < -0.39 is 0 Å². The molecule has 2 heteroatoms. The molecule has 4 bridgehead atoms. The third-order valence-corrected chi connectivity index (χ3v) is 6.90. The van der Waals surface area contributed by atoms with Gasteiger partial charge >= 0.3 is 0 Å². The fourth-order valence-corrected chi connectivity index (χ4v) is 6.15. The number of rotatable bonds is 3. The minimum atomic E-state index is 0.304. The van der Waals surface area contributed by atoms with Crippen LogP contribution in [0.15, 0.2) is 0 Å². The fraction of sp³-hybridized carbons (Fsp3) is 1.00. The zero-order chi connectivity index (χ0) is 12.9. The van der Waals surface area contributed by atoms with Gasteiger partial charge in [-0.15, -0.1) is 0 Å². The standard InChI is InChI=1S/C17H30N2/c18-11-17(4-2-1-3-5-17)19-16-14-7-12-6-13(9-14)10-15(16)8-12/h12-16,19H,1-11,18H2. The molecule has 0 aliphatic heterocycles. The van der Waals surface area contributed by atoms with Crippen molar-refractivity contribution in [3.8, 4) is 0 Å². The summed E-state index contributed by atoms with van der Waals surface area (Å²) in [6.07, 6.45) is 14.5. The van der Waals surface area contributed by atoms with Crippen LogP contribution in [0.3, 0.4) is 0 Å². The van der Waals surface area contributed by atoms with Gasteiger partial charge in [-0.1, -0.05) is 19.3 Å². The predicted molar refractivity (Wildman–Crippen MR) is 78.8 cm³/mol. The van der Waals surface area contributed by atoms with E-state index in [4.69, 9.17) is 5.73 Å². The zero-order valence-corrected chi connectivity index (χ0v) is 12.2. The van der Waals surface area contributed by atoms with E-state index in [1.165, 1.54) is 57.8 Å². The maximum atomic E-state index is 6.18. The molecule has 19 heavy (non-hydrogen) atoms. The summed E-state index contributed by atoms with van der Waals surface area (Å²) in [5.41, 5.74) is 6.48. The SMILES string of the molecule is NCC1(NC2C3CC4CC(C3)CC2C4)CCCCC1. The number of hydrogen-bond donors (Lipinski definition) is 2. The van der Waals surface area contributed by atoms with Crippen molar-refractivity contribution in [2.45, 2.75) is 75.8 Å². The van der Waals surface area contributed by atoms with E-state index in [9.17, 15) is 0 Å². The van der Waals surface area contributed by atoms with Gasteiger partial charge in [-0.25, -0.2) is 0 Å². The number of nitrogens with two attached hydrogens (primary N) is 1. The Balaban J connectivity index is 1.50. The number of nitrogens with one attached hydrogen (secondary N) is 1. The molecule has 108 valence electrons. The van der Waals surface area contributed by atoms with Crippen molar-refractivity contribution in [2.24, 2.45) is 29.4 Å². The van der Waals surface area contributed by atoms with E-state index in [0.717, 1.165) is 36.3 Å². The third-order valence-electron chi connectivity index (χ3n) is 6.90. The number of hydrogen-bond acceptors (Lipinski definition) is 2. The van der Waals surface area contributed by atoms with Gasteiger partial charge in [0.1, 0.15) is 0 Å². The Morgan fingerprint density at radius 1 is 0.842 bits per heavy atom. The molecule has 0 aromatic carbocycles. The lowest BCUT2D eigenvalue weighted by Gasteiger charge is -2.57. The second kappa shape index (κ2) is 4.73. The van der Waals surface area contributed by atoms with E-state index in [-0.39, 0.29) is 0 Å². The molecule has 5 saturated carbocycles.